The summed E-state index contributed by atoms with van der Waals surface area (Å²) in [5.74, 6) is 0.627. The van der Waals surface area contributed by atoms with Crippen molar-refractivity contribution in [1.82, 2.24) is 15.2 Å². The first-order valence-electron chi connectivity index (χ1n) is 6.82. The Bertz CT molecular complexity index is 623. The standard InChI is InChI=1S/C14H17N3O3S/c1-9-10(16-13(20-9)12-3-2-6-21-12)7-17-5-4-15-11(8-17)14(18)19/h2-3,6,11,15H,4-5,7-8H2,1H3,(H,18,19)/t11-/m0/s1. The Morgan fingerprint density at radius 1 is 1.67 bits per heavy atom. The molecule has 1 aliphatic heterocycles. The van der Waals surface area contributed by atoms with Crippen molar-refractivity contribution in [2.75, 3.05) is 19.6 Å². The van der Waals surface area contributed by atoms with Gasteiger partial charge in [-0.2, -0.15) is 0 Å². The quantitative estimate of drug-likeness (QED) is 0.892. The minimum absolute atomic E-state index is 0.482. The van der Waals surface area contributed by atoms with Crippen molar-refractivity contribution in [3.05, 3.63) is 29.0 Å². The lowest BCUT2D eigenvalue weighted by molar-refractivity contribution is -0.140. The van der Waals surface area contributed by atoms with E-state index in [4.69, 9.17) is 9.52 Å². The maximum absolute atomic E-state index is 11.1. The predicted molar refractivity (Wildman–Crippen MR) is 79.3 cm³/mol. The van der Waals surface area contributed by atoms with E-state index in [0.29, 0.717) is 25.5 Å². The summed E-state index contributed by atoms with van der Waals surface area (Å²) >= 11 is 1.59. The third kappa shape index (κ3) is 3.15. The Balaban J connectivity index is 1.71. The van der Waals surface area contributed by atoms with Crippen molar-refractivity contribution >= 4 is 17.3 Å². The number of nitrogens with one attached hydrogen (secondary N) is 1. The molecule has 2 aromatic heterocycles. The van der Waals surface area contributed by atoms with Crippen LogP contribution in [0.25, 0.3) is 10.8 Å². The van der Waals surface area contributed by atoms with Gasteiger partial charge in [0.1, 0.15) is 11.8 Å². The summed E-state index contributed by atoms with van der Waals surface area (Å²) in [7, 11) is 0. The van der Waals surface area contributed by atoms with E-state index in [-0.39, 0.29) is 0 Å². The van der Waals surface area contributed by atoms with E-state index in [1.54, 1.807) is 11.3 Å². The molecular weight excluding hydrogens is 290 g/mol. The number of aromatic nitrogens is 1. The maximum Gasteiger partial charge on any atom is 0.322 e. The second kappa shape index (κ2) is 5.97. The molecule has 21 heavy (non-hydrogen) atoms. The number of carboxylic acid groups (broad SMARTS) is 1. The largest absolute Gasteiger partial charge is 0.480 e. The van der Waals surface area contributed by atoms with Gasteiger partial charge in [0, 0.05) is 26.2 Å². The number of carbonyl (C=O) groups is 1. The molecule has 0 amide bonds. The first kappa shape index (κ1) is 14.2. The Morgan fingerprint density at radius 3 is 3.24 bits per heavy atom. The van der Waals surface area contributed by atoms with Gasteiger partial charge in [0.05, 0.1) is 10.6 Å². The predicted octanol–water partition coefficient (Wildman–Crippen LogP) is 1.57. The van der Waals surface area contributed by atoms with Crippen LogP contribution in [0.3, 0.4) is 0 Å². The number of oxazole rings is 1. The molecular formula is C14H17N3O3S. The van der Waals surface area contributed by atoms with Gasteiger partial charge >= 0.3 is 5.97 Å². The zero-order valence-corrected chi connectivity index (χ0v) is 12.5. The van der Waals surface area contributed by atoms with Gasteiger partial charge in [-0.05, 0) is 18.4 Å². The SMILES string of the molecule is Cc1oc(-c2cccs2)nc1CN1CCN[C@H](C(=O)O)C1. The second-order valence-electron chi connectivity index (χ2n) is 5.08. The fraction of sp³-hybridized carbons (Fsp3) is 0.429. The monoisotopic (exact) mass is 307 g/mol. The molecule has 1 atom stereocenters. The first-order chi connectivity index (χ1) is 10.1. The van der Waals surface area contributed by atoms with E-state index in [9.17, 15) is 4.79 Å². The highest BCUT2D eigenvalue weighted by Crippen LogP contribution is 2.26. The van der Waals surface area contributed by atoms with Crippen LogP contribution in [0.5, 0.6) is 0 Å². The molecule has 0 aromatic carbocycles. The molecule has 0 bridgehead atoms. The first-order valence-corrected chi connectivity index (χ1v) is 7.70. The van der Waals surface area contributed by atoms with Gasteiger partial charge in [0.15, 0.2) is 0 Å². The molecule has 2 N–H and O–H groups in total. The number of hydrogen-bond acceptors (Lipinski definition) is 6. The number of rotatable bonds is 4. The summed E-state index contributed by atoms with van der Waals surface area (Å²) in [5.41, 5.74) is 0.879. The van der Waals surface area contributed by atoms with Gasteiger partial charge in [0.25, 0.3) is 0 Å². The zero-order valence-electron chi connectivity index (χ0n) is 11.7. The fourth-order valence-electron chi connectivity index (χ4n) is 2.41. The van der Waals surface area contributed by atoms with Crippen molar-refractivity contribution in [3.63, 3.8) is 0 Å². The van der Waals surface area contributed by atoms with E-state index in [0.717, 1.165) is 22.9 Å². The van der Waals surface area contributed by atoms with Crippen LogP contribution in [-0.2, 0) is 11.3 Å². The Morgan fingerprint density at radius 2 is 2.52 bits per heavy atom. The number of carboxylic acids is 1. The second-order valence-corrected chi connectivity index (χ2v) is 6.03. The van der Waals surface area contributed by atoms with Crippen LogP contribution in [0.2, 0.25) is 0 Å². The van der Waals surface area contributed by atoms with Gasteiger partial charge in [-0.15, -0.1) is 11.3 Å². The van der Waals surface area contributed by atoms with Gasteiger partial charge in [-0.25, -0.2) is 4.98 Å². The molecule has 1 aliphatic rings. The number of aliphatic carboxylic acids is 1. The lowest BCUT2D eigenvalue weighted by Gasteiger charge is -2.30. The molecule has 0 saturated carbocycles. The van der Waals surface area contributed by atoms with Crippen molar-refractivity contribution in [3.8, 4) is 10.8 Å². The van der Waals surface area contributed by atoms with Crippen LogP contribution < -0.4 is 5.32 Å². The van der Waals surface area contributed by atoms with E-state index >= 15 is 0 Å². The van der Waals surface area contributed by atoms with Crippen LogP contribution in [0.4, 0.5) is 0 Å². The number of aryl methyl sites for hydroxylation is 1. The molecule has 0 spiro atoms. The van der Waals surface area contributed by atoms with Gasteiger partial charge in [-0.1, -0.05) is 6.07 Å². The van der Waals surface area contributed by atoms with Crippen LogP contribution in [0.15, 0.2) is 21.9 Å². The molecule has 0 unspecified atom stereocenters. The molecule has 0 radical (unpaired) electrons. The Labute approximate surface area is 126 Å². The highest BCUT2D eigenvalue weighted by Gasteiger charge is 2.26. The average molecular weight is 307 g/mol. The fourth-order valence-corrected chi connectivity index (χ4v) is 3.06. The third-order valence-electron chi connectivity index (χ3n) is 3.56. The summed E-state index contributed by atoms with van der Waals surface area (Å²) in [6.07, 6.45) is 0. The van der Waals surface area contributed by atoms with Crippen molar-refractivity contribution in [2.45, 2.75) is 19.5 Å². The summed E-state index contributed by atoms with van der Waals surface area (Å²) in [5, 5.41) is 14.1. The molecule has 1 fully saturated rings. The minimum Gasteiger partial charge on any atom is -0.480 e. The molecule has 3 heterocycles. The molecule has 1 saturated heterocycles. The molecule has 2 aromatic rings. The highest BCUT2D eigenvalue weighted by molar-refractivity contribution is 7.13. The number of hydrogen-bond donors (Lipinski definition) is 2. The van der Waals surface area contributed by atoms with Crippen LogP contribution in [-0.4, -0.2) is 46.6 Å². The molecule has 3 rings (SSSR count). The molecule has 6 nitrogen and oxygen atoms in total. The van der Waals surface area contributed by atoms with Gasteiger partial charge in [-0.3, -0.25) is 9.69 Å². The van der Waals surface area contributed by atoms with Crippen LogP contribution in [0.1, 0.15) is 11.5 Å². The summed E-state index contributed by atoms with van der Waals surface area (Å²) < 4.78 is 5.72. The lowest BCUT2D eigenvalue weighted by atomic mass is 10.2. The Hall–Kier alpha value is -1.70. The number of thiophene rings is 1. The summed E-state index contributed by atoms with van der Waals surface area (Å²) in [4.78, 5) is 18.7. The van der Waals surface area contributed by atoms with E-state index in [2.05, 4.69) is 15.2 Å². The Kier molecular flexibility index (Phi) is 4.05. The van der Waals surface area contributed by atoms with E-state index in [1.807, 2.05) is 24.4 Å². The normalized spacial score (nSPS) is 19.8. The zero-order chi connectivity index (χ0) is 14.8. The van der Waals surface area contributed by atoms with Crippen molar-refractivity contribution in [1.29, 1.82) is 0 Å². The highest BCUT2D eigenvalue weighted by atomic mass is 32.1. The third-order valence-corrected chi connectivity index (χ3v) is 4.41. The van der Waals surface area contributed by atoms with Crippen LogP contribution in [0, 0.1) is 6.92 Å². The summed E-state index contributed by atoms with van der Waals surface area (Å²) in [6.45, 7) is 4.48. The van der Waals surface area contributed by atoms with Crippen LogP contribution >= 0.6 is 11.3 Å². The minimum atomic E-state index is -0.809. The van der Waals surface area contributed by atoms with Gasteiger partial charge in [0.2, 0.25) is 5.89 Å². The van der Waals surface area contributed by atoms with E-state index in [1.165, 1.54) is 0 Å². The molecule has 7 heteroatoms. The number of piperazine rings is 1. The topological polar surface area (TPSA) is 78.6 Å². The molecule has 0 aliphatic carbocycles. The number of nitrogens with zero attached hydrogens (tertiary/aromatic N) is 2. The van der Waals surface area contributed by atoms with E-state index < -0.39 is 12.0 Å². The maximum atomic E-state index is 11.1. The average Bonchev–Trinajstić information content (AvgIpc) is 3.10. The van der Waals surface area contributed by atoms with Crippen molar-refractivity contribution < 1.29 is 14.3 Å². The smallest absolute Gasteiger partial charge is 0.322 e. The van der Waals surface area contributed by atoms with Gasteiger partial charge < -0.3 is 14.8 Å². The lowest BCUT2D eigenvalue weighted by Crippen LogP contribution is -2.53. The molecule has 112 valence electrons. The van der Waals surface area contributed by atoms with Crippen molar-refractivity contribution in [2.24, 2.45) is 0 Å². The summed E-state index contributed by atoms with van der Waals surface area (Å²) in [6, 6.07) is 3.43.